The maximum Gasteiger partial charge on any atom is 0.408 e. The van der Waals surface area contributed by atoms with Crippen molar-refractivity contribution in [3.8, 4) is 0 Å². The molecule has 0 aromatic heterocycles. The number of ether oxygens (including phenoxy) is 2. The smallest absolute Gasteiger partial charge is 0.408 e. The maximum atomic E-state index is 12.2. The predicted octanol–water partition coefficient (Wildman–Crippen LogP) is 3.24. The largest absolute Gasteiger partial charge is 0.467 e. The number of methoxy groups -OCH3 is 1. The number of alkyl carbamates (subject to hydrolysis) is 1. The summed E-state index contributed by atoms with van der Waals surface area (Å²) < 4.78 is 27.0. The fourth-order valence-corrected chi connectivity index (χ4v) is 3.59. The minimum atomic E-state index is -3.19. The molecule has 30 heavy (non-hydrogen) atoms. The molecule has 2 aromatic rings. The Bertz CT molecular complexity index is 886. The Morgan fingerprint density at radius 1 is 1.03 bits per heavy atom. The van der Waals surface area contributed by atoms with E-state index in [2.05, 4.69) is 5.32 Å². The molecule has 0 bridgehead atoms. The molecule has 0 radical (unpaired) electrons. The Labute approximate surface area is 175 Å². The van der Waals surface area contributed by atoms with Gasteiger partial charge in [-0.1, -0.05) is 54.6 Å². The molecule has 3 atom stereocenters. The molecule has 2 unspecified atom stereocenters. The fraction of sp³-hybridized carbons (Fsp3) is 0.333. The summed E-state index contributed by atoms with van der Waals surface area (Å²) in [5, 5.41) is 12.7. The third-order valence-electron chi connectivity index (χ3n) is 4.52. The molecule has 8 nitrogen and oxygen atoms in total. The van der Waals surface area contributed by atoms with Gasteiger partial charge in [-0.05, 0) is 16.7 Å². The minimum Gasteiger partial charge on any atom is -0.467 e. The molecule has 162 valence electrons. The summed E-state index contributed by atoms with van der Waals surface area (Å²) in [6, 6.07) is 14.7. The number of amides is 1. The molecule has 2 rings (SSSR count). The van der Waals surface area contributed by atoms with E-state index in [-0.39, 0.29) is 13.0 Å². The number of aliphatic hydroxyl groups excluding tert-OH is 1. The molecule has 0 fully saturated rings. The molecule has 0 aliphatic rings. The van der Waals surface area contributed by atoms with Crippen molar-refractivity contribution in [2.45, 2.75) is 24.9 Å². The first-order valence-corrected chi connectivity index (χ1v) is 11.4. The van der Waals surface area contributed by atoms with E-state index in [1.165, 1.54) is 20.9 Å². The van der Waals surface area contributed by atoms with Crippen molar-refractivity contribution in [1.82, 2.24) is 5.32 Å². The molecule has 2 N–H and O–H groups in total. The molecule has 0 saturated carbocycles. The predicted molar refractivity (Wildman–Crippen MR) is 111 cm³/mol. The van der Waals surface area contributed by atoms with E-state index < -0.39 is 31.3 Å². The molecule has 0 spiro atoms. The zero-order valence-corrected chi connectivity index (χ0v) is 18.0. The van der Waals surface area contributed by atoms with Gasteiger partial charge in [-0.3, -0.25) is 4.57 Å². The summed E-state index contributed by atoms with van der Waals surface area (Å²) in [5.41, 5.74) is 1.95. The van der Waals surface area contributed by atoms with Gasteiger partial charge in [0.15, 0.2) is 5.85 Å². The molecule has 0 aliphatic heterocycles. The fourth-order valence-electron chi connectivity index (χ4n) is 2.67. The number of rotatable bonds is 9. The summed E-state index contributed by atoms with van der Waals surface area (Å²) in [5.74, 6) is -1.87. The lowest BCUT2D eigenvalue weighted by Crippen LogP contribution is -2.43. The van der Waals surface area contributed by atoms with Crippen molar-refractivity contribution >= 4 is 19.4 Å². The number of hydrogen-bond acceptors (Lipinski definition) is 7. The van der Waals surface area contributed by atoms with Gasteiger partial charge in [0.05, 0.1) is 7.11 Å². The van der Waals surface area contributed by atoms with Gasteiger partial charge in [-0.25, -0.2) is 9.59 Å². The number of nitrogens with one attached hydrogen (secondary N) is 1. The van der Waals surface area contributed by atoms with Crippen LogP contribution in [-0.4, -0.2) is 44.1 Å². The Hall–Kier alpha value is -2.67. The van der Waals surface area contributed by atoms with Crippen LogP contribution in [0.1, 0.15) is 22.5 Å². The van der Waals surface area contributed by atoms with Crippen molar-refractivity contribution in [2.24, 2.45) is 0 Å². The van der Waals surface area contributed by atoms with Crippen LogP contribution in [0.4, 0.5) is 4.79 Å². The van der Waals surface area contributed by atoms with Gasteiger partial charge in [0.2, 0.25) is 7.37 Å². The number of esters is 1. The maximum absolute atomic E-state index is 12.2. The summed E-state index contributed by atoms with van der Waals surface area (Å²) in [7, 11) is -0.683. The highest BCUT2D eigenvalue weighted by molar-refractivity contribution is 7.58. The van der Waals surface area contributed by atoms with Crippen LogP contribution < -0.4 is 5.32 Å². The molecule has 9 heteroatoms. The van der Waals surface area contributed by atoms with Gasteiger partial charge in [-0.15, -0.1) is 0 Å². The van der Waals surface area contributed by atoms with Gasteiger partial charge >= 0.3 is 12.1 Å². The average Bonchev–Trinajstić information content (AvgIpc) is 2.77. The zero-order chi connectivity index (χ0) is 22.1. The summed E-state index contributed by atoms with van der Waals surface area (Å²) in [4.78, 5) is 24.2. The quantitative estimate of drug-likeness (QED) is 0.459. The van der Waals surface area contributed by atoms with Crippen LogP contribution >= 0.6 is 7.37 Å². The van der Waals surface area contributed by atoms with Gasteiger partial charge in [-0.2, -0.15) is 0 Å². The second-order valence-corrected chi connectivity index (χ2v) is 9.36. The van der Waals surface area contributed by atoms with E-state index in [1.54, 1.807) is 24.3 Å². The van der Waals surface area contributed by atoms with Crippen LogP contribution in [0.5, 0.6) is 0 Å². The van der Waals surface area contributed by atoms with Crippen molar-refractivity contribution < 1.29 is 33.3 Å². The number of benzene rings is 2. The summed E-state index contributed by atoms with van der Waals surface area (Å²) >= 11 is 0. The van der Waals surface area contributed by atoms with Gasteiger partial charge in [0, 0.05) is 20.2 Å². The number of aliphatic hydroxyl groups is 1. The van der Waals surface area contributed by atoms with E-state index in [0.29, 0.717) is 11.1 Å². The van der Waals surface area contributed by atoms with E-state index in [9.17, 15) is 19.3 Å². The van der Waals surface area contributed by atoms with Crippen molar-refractivity contribution in [3.63, 3.8) is 0 Å². The Morgan fingerprint density at radius 3 is 2.23 bits per heavy atom. The molecule has 2 aromatic carbocycles. The van der Waals surface area contributed by atoms with Gasteiger partial charge < -0.3 is 24.4 Å². The third kappa shape index (κ3) is 6.69. The molecule has 0 saturated heterocycles. The van der Waals surface area contributed by atoms with Crippen LogP contribution in [0.25, 0.3) is 0 Å². The van der Waals surface area contributed by atoms with Crippen LogP contribution in [0, 0.1) is 0 Å². The van der Waals surface area contributed by atoms with E-state index in [1.807, 2.05) is 30.3 Å². The van der Waals surface area contributed by atoms with E-state index in [4.69, 9.17) is 14.0 Å². The van der Waals surface area contributed by atoms with Crippen LogP contribution in [0.2, 0.25) is 0 Å². The normalized spacial score (nSPS) is 14.8. The van der Waals surface area contributed by atoms with E-state index >= 15 is 0 Å². The average molecular weight is 435 g/mol. The molecular weight excluding hydrogens is 409 g/mol. The first-order valence-electron chi connectivity index (χ1n) is 9.21. The van der Waals surface area contributed by atoms with E-state index in [0.717, 1.165) is 5.56 Å². The standard InChI is InChI=1S/C21H26NO7P/c1-27-19(23)18(22-21(25)29-14-16-7-5-4-6-8-16)13-15-9-11-17(12-10-15)20(24)30(3,26)28-2/h4-12,18,20,24H,13-14H2,1-3H3,(H,22,25)/t18-,20?,30?/m0/s1. The van der Waals surface area contributed by atoms with Gasteiger partial charge in [0.1, 0.15) is 12.6 Å². The first kappa shape index (κ1) is 23.6. The first-order chi connectivity index (χ1) is 14.3. The number of hydrogen-bond donors (Lipinski definition) is 2. The topological polar surface area (TPSA) is 111 Å². The van der Waals surface area contributed by atoms with Crippen molar-refractivity contribution in [1.29, 1.82) is 0 Å². The monoisotopic (exact) mass is 435 g/mol. The lowest BCUT2D eigenvalue weighted by molar-refractivity contribution is -0.143. The lowest BCUT2D eigenvalue weighted by atomic mass is 10.0. The number of carbonyl (C=O) groups is 2. The molecule has 0 heterocycles. The lowest BCUT2D eigenvalue weighted by Gasteiger charge is -2.19. The second-order valence-electron chi connectivity index (χ2n) is 6.69. The molecule has 1 amide bonds. The highest BCUT2D eigenvalue weighted by Gasteiger charge is 2.28. The van der Waals surface area contributed by atoms with Crippen LogP contribution in [0.15, 0.2) is 54.6 Å². The highest BCUT2D eigenvalue weighted by Crippen LogP contribution is 2.54. The van der Waals surface area contributed by atoms with Crippen molar-refractivity contribution in [3.05, 3.63) is 71.3 Å². The van der Waals surface area contributed by atoms with Gasteiger partial charge in [0.25, 0.3) is 0 Å². The zero-order valence-electron chi connectivity index (χ0n) is 17.1. The summed E-state index contributed by atoms with van der Waals surface area (Å²) in [6.45, 7) is 1.42. The Kier molecular flexibility index (Phi) is 8.59. The van der Waals surface area contributed by atoms with Crippen LogP contribution in [-0.2, 0) is 36.4 Å². The minimum absolute atomic E-state index is 0.0731. The second kappa shape index (κ2) is 10.9. The Morgan fingerprint density at radius 2 is 1.67 bits per heavy atom. The highest BCUT2D eigenvalue weighted by atomic mass is 31.2. The molecular formula is C21H26NO7P. The van der Waals surface area contributed by atoms with Crippen molar-refractivity contribution in [2.75, 3.05) is 20.9 Å². The third-order valence-corrected chi connectivity index (χ3v) is 6.43. The Balaban J connectivity index is 2.01. The molecule has 0 aliphatic carbocycles. The SMILES string of the molecule is COC(=O)[C@H](Cc1ccc(C(O)P(C)(=O)OC)cc1)NC(=O)OCc1ccccc1. The summed E-state index contributed by atoms with van der Waals surface area (Å²) in [6.07, 6.45) is -0.592. The van der Waals surface area contributed by atoms with Crippen LogP contribution in [0.3, 0.4) is 0 Å². The number of carbonyl (C=O) groups excluding carboxylic acids is 2.